The third-order valence-electron chi connectivity index (χ3n) is 2.21. The van der Waals surface area contributed by atoms with Crippen molar-refractivity contribution in [3.05, 3.63) is 27.7 Å². The van der Waals surface area contributed by atoms with Crippen LogP contribution in [0, 0.1) is 6.92 Å². The lowest BCUT2D eigenvalue weighted by molar-refractivity contribution is 0.0891. The van der Waals surface area contributed by atoms with E-state index in [1.165, 1.54) is 6.07 Å². The van der Waals surface area contributed by atoms with Gasteiger partial charge in [-0.1, -0.05) is 0 Å². The van der Waals surface area contributed by atoms with Crippen LogP contribution in [0.25, 0.3) is 0 Å². The predicted molar refractivity (Wildman–Crippen MR) is 68.6 cm³/mol. The zero-order valence-corrected chi connectivity index (χ0v) is 12.2. The van der Waals surface area contributed by atoms with Crippen molar-refractivity contribution in [1.29, 1.82) is 0 Å². The van der Waals surface area contributed by atoms with E-state index >= 15 is 0 Å². The summed E-state index contributed by atoms with van der Waals surface area (Å²) in [5.74, 6) is -0.791. The van der Waals surface area contributed by atoms with Gasteiger partial charge in [0, 0.05) is 10.0 Å². The first kappa shape index (κ1) is 16.0. The fraction of sp³-hybridized carbons (Fsp3) is 0.300. The van der Waals surface area contributed by atoms with Gasteiger partial charge in [0.05, 0.1) is 11.4 Å². The van der Waals surface area contributed by atoms with E-state index in [9.17, 15) is 22.0 Å². The Labute approximate surface area is 117 Å². The molecule has 5 nitrogen and oxygen atoms in total. The molecule has 3 N–H and O–H groups in total. The molecule has 1 aromatic rings. The number of carbonyl (C=O) groups is 1. The van der Waals surface area contributed by atoms with Gasteiger partial charge in [0.25, 0.3) is 12.3 Å². The molecule has 0 saturated heterocycles. The maximum Gasteiger partial charge on any atom is 0.255 e. The molecular weight excluding hydrogens is 346 g/mol. The number of halogens is 3. The zero-order valence-electron chi connectivity index (χ0n) is 9.78. The highest BCUT2D eigenvalue weighted by Gasteiger charge is 2.18. The van der Waals surface area contributed by atoms with Crippen molar-refractivity contribution in [3.8, 4) is 0 Å². The number of hydrogen-bond donors (Lipinski definition) is 2. The van der Waals surface area contributed by atoms with E-state index in [1.807, 2.05) is 5.32 Å². The van der Waals surface area contributed by atoms with Gasteiger partial charge in [-0.05, 0) is 40.5 Å². The van der Waals surface area contributed by atoms with E-state index in [1.54, 1.807) is 6.92 Å². The number of nitrogens with two attached hydrogens (primary N) is 1. The molecular formula is C10H11BrF2N2O3S. The van der Waals surface area contributed by atoms with E-state index in [-0.39, 0.29) is 14.9 Å². The maximum absolute atomic E-state index is 12.0. The molecule has 0 heterocycles. The Kier molecular flexibility index (Phi) is 4.99. The van der Waals surface area contributed by atoms with Crippen molar-refractivity contribution in [3.63, 3.8) is 0 Å². The number of rotatable bonds is 4. The summed E-state index contributed by atoms with van der Waals surface area (Å²) in [4.78, 5) is 11.3. The number of sulfonamides is 1. The molecule has 0 atom stereocenters. The van der Waals surface area contributed by atoms with Crippen LogP contribution in [0.3, 0.4) is 0 Å². The molecule has 1 amide bonds. The van der Waals surface area contributed by atoms with Gasteiger partial charge < -0.3 is 5.32 Å². The largest absolute Gasteiger partial charge is 0.346 e. The summed E-state index contributed by atoms with van der Waals surface area (Å²) in [6.07, 6.45) is -2.68. The third kappa shape index (κ3) is 4.22. The monoisotopic (exact) mass is 356 g/mol. The minimum Gasteiger partial charge on any atom is -0.346 e. The fourth-order valence-corrected chi connectivity index (χ4v) is 2.96. The Balaban J connectivity index is 3.18. The highest BCUT2D eigenvalue weighted by atomic mass is 79.9. The van der Waals surface area contributed by atoms with Gasteiger partial charge in [0.15, 0.2) is 0 Å². The second-order valence-corrected chi connectivity index (χ2v) is 6.07. The van der Waals surface area contributed by atoms with Gasteiger partial charge in [-0.3, -0.25) is 4.79 Å². The fourth-order valence-electron chi connectivity index (χ4n) is 1.35. The zero-order chi connectivity index (χ0) is 14.8. The Morgan fingerprint density at radius 3 is 2.53 bits per heavy atom. The smallest absolute Gasteiger partial charge is 0.255 e. The molecule has 0 unspecified atom stereocenters. The number of carbonyl (C=O) groups excluding carboxylic acids is 1. The summed E-state index contributed by atoms with van der Waals surface area (Å²) in [6.45, 7) is 0.751. The first-order valence-corrected chi connectivity index (χ1v) is 7.36. The number of nitrogens with one attached hydrogen (secondary N) is 1. The van der Waals surface area contributed by atoms with Gasteiger partial charge >= 0.3 is 0 Å². The molecule has 1 rings (SSSR count). The summed E-state index contributed by atoms with van der Waals surface area (Å²) < 4.78 is 46.9. The van der Waals surface area contributed by atoms with Crippen LogP contribution in [0.4, 0.5) is 8.78 Å². The molecule has 0 fully saturated rings. The first-order valence-electron chi connectivity index (χ1n) is 5.02. The number of primary sulfonamides is 1. The number of amides is 1. The van der Waals surface area contributed by atoms with Crippen LogP contribution < -0.4 is 10.5 Å². The molecule has 0 spiro atoms. The standard InChI is InChI=1S/C10H11BrF2N2O3S/c1-5-2-6(10(16)15-4-8(12)13)3-7(9(5)11)19(14,17)18/h2-3,8H,4H2,1H3,(H,15,16)(H2,14,17,18). The van der Waals surface area contributed by atoms with Crippen LogP contribution in [0.15, 0.2) is 21.5 Å². The summed E-state index contributed by atoms with van der Waals surface area (Å²) in [5.41, 5.74) is 0.402. The highest BCUT2D eigenvalue weighted by molar-refractivity contribution is 9.10. The minimum absolute atomic E-state index is 0.0506. The van der Waals surface area contributed by atoms with Crippen LogP contribution in [0.1, 0.15) is 15.9 Å². The molecule has 0 aliphatic carbocycles. The van der Waals surface area contributed by atoms with Gasteiger partial charge in [-0.25, -0.2) is 22.3 Å². The Bertz CT molecular complexity index is 605. The normalized spacial score (nSPS) is 11.7. The second-order valence-electron chi connectivity index (χ2n) is 3.75. The lowest BCUT2D eigenvalue weighted by Crippen LogP contribution is -2.28. The van der Waals surface area contributed by atoms with Gasteiger partial charge in [-0.15, -0.1) is 0 Å². The van der Waals surface area contributed by atoms with Gasteiger partial charge in [0.2, 0.25) is 10.0 Å². The Hall–Kier alpha value is -1.06. The van der Waals surface area contributed by atoms with Crippen molar-refractivity contribution in [1.82, 2.24) is 5.32 Å². The van der Waals surface area contributed by atoms with Crippen LogP contribution >= 0.6 is 15.9 Å². The van der Waals surface area contributed by atoms with E-state index in [4.69, 9.17) is 5.14 Å². The van der Waals surface area contributed by atoms with E-state index in [2.05, 4.69) is 15.9 Å². The number of aryl methyl sites for hydroxylation is 1. The Morgan fingerprint density at radius 1 is 1.47 bits per heavy atom. The van der Waals surface area contributed by atoms with Crippen LogP contribution in [-0.2, 0) is 10.0 Å². The van der Waals surface area contributed by atoms with Crippen LogP contribution in [0.2, 0.25) is 0 Å². The summed E-state index contributed by atoms with van der Waals surface area (Å²) in [6, 6.07) is 2.41. The van der Waals surface area contributed by atoms with Crippen molar-refractivity contribution >= 4 is 31.9 Å². The maximum atomic E-state index is 12.0. The predicted octanol–water partition coefficient (Wildman–Crippen LogP) is 1.40. The highest BCUT2D eigenvalue weighted by Crippen LogP contribution is 2.26. The van der Waals surface area contributed by atoms with Crippen LogP contribution in [0.5, 0.6) is 0 Å². The SMILES string of the molecule is Cc1cc(C(=O)NCC(F)F)cc(S(N)(=O)=O)c1Br. The van der Waals surface area contributed by atoms with Crippen molar-refractivity contribution in [2.24, 2.45) is 5.14 Å². The molecule has 0 aliphatic heterocycles. The molecule has 106 valence electrons. The average Bonchev–Trinajstić information content (AvgIpc) is 2.27. The molecule has 1 aromatic carbocycles. The summed E-state index contributed by atoms with van der Waals surface area (Å²) in [5, 5.41) is 6.99. The lowest BCUT2D eigenvalue weighted by atomic mass is 10.1. The molecule has 0 bridgehead atoms. The van der Waals surface area contributed by atoms with Crippen molar-refractivity contribution in [2.45, 2.75) is 18.2 Å². The minimum atomic E-state index is -4.02. The quantitative estimate of drug-likeness (QED) is 0.854. The first-order chi connectivity index (χ1) is 8.62. The average molecular weight is 357 g/mol. The molecule has 0 radical (unpaired) electrons. The molecule has 9 heteroatoms. The number of alkyl halides is 2. The molecule has 0 aliphatic rings. The summed E-state index contributed by atoms with van der Waals surface area (Å²) in [7, 11) is -4.02. The van der Waals surface area contributed by atoms with E-state index < -0.39 is 28.9 Å². The van der Waals surface area contributed by atoms with Crippen molar-refractivity contribution < 1.29 is 22.0 Å². The van der Waals surface area contributed by atoms with Gasteiger partial charge in [-0.2, -0.15) is 0 Å². The van der Waals surface area contributed by atoms with Crippen molar-refractivity contribution in [2.75, 3.05) is 6.54 Å². The molecule has 0 aromatic heterocycles. The van der Waals surface area contributed by atoms with Crippen LogP contribution in [-0.4, -0.2) is 27.3 Å². The lowest BCUT2D eigenvalue weighted by Gasteiger charge is -2.10. The van der Waals surface area contributed by atoms with E-state index in [0.29, 0.717) is 5.56 Å². The van der Waals surface area contributed by atoms with E-state index in [0.717, 1.165) is 6.07 Å². The topological polar surface area (TPSA) is 89.3 Å². The second kappa shape index (κ2) is 5.93. The molecule has 0 saturated carbocycles. The van der Waals surface area contributed by atoms with Gasteiger partial charge in [0.1, 0.15) is 0 Å². The number of benzene rings is 1. The Morgan fingerprint density at radius 2 is 2.05 bits per heavy atom. The third-order valence-corrected chi connectivity index (χ3v) is 4.46. The molecule has 19 heavy (non-hydrogen) atoms. The summed E-state index contributed by atoms with van der Waals surface area (Å²) >= 11 is 3.05. The number of hydrogen-bond acceptors (Lipinski definition) is 3.